The number of hydrogen-bond donors (Lipinski definition) is 2. The number of Topliss-reactive ketones (excluding diaryl/α,β-unsaturated/α-hetero) is 1. The molecule has 7 rings (SSSR count). The first kappa shape index (κ1) is 28.3. The summed E-state index contributed by atoms with van der Waals surface area (Å²) in [6.45, 7) is 3.37. The quantitative estimate of drug-likeness (QED) is 0.370. The third-order valence-electron chi connectivity index (χ3n) is 11.2. The standard InChI is InChI=1S/C33H35NO9/c1-31-11-10-21(36)14-19(31)6-8-23-24-15-28-33(27(38)17-35,32(24,2)16-25(37)29(23)31)43-30(42-28)26-9-7-22(41-26)13-18-4-3-5-20(12-18)34(39)40/h3-5,7,9-12,14,23-25,28-30,35,37H,6,8,13,15-17H2,1-2H3/t23-,24-,25-,28+,29+,30+,31-,32-,33+/m0/s1. The van der Waals surface area contributed by atoms with Crippen molar-refractivity contribution in [2.75, 3.05) is 6.61 Å². The van der Waals surface area contributed by atoms with Crippen molar-refractivity contribution in [3.63, 3.8) is 0 Å². The molecule has 2 heterocycles. The highest BCUT2D eigenvalue weighted by atomic mass is 16.8. The molecule has 226 valence electrons. The predicted molar refractivity (Wildman–Crippen MR) is 152 cm³/mol. The van der Waals surface area contributed by atoms with Crippen molar-refractivity contribution in [2.45, 2.75) is 70.1 Å². The number of benzene rings is 1. The Hall–Kier alpha value is -3.44. The third-order valence-corrected chi connectivity index (χ3v) is 11.2. The molecule has 2 aromatic rings. The molecular weight excluding hydrogens is 554 g/mol. The number of furan rings is 1. The molecule has 4 aliphatic carbocycles. The average molecular weight is 590 g/mol. The minimum atomic E-state index is -1.47. The first-order chi connectivity index (χ1) is 20.5. The van der Waals surface area contributed by atoms with Gasteiger partial charge in [0, 0.05) is 35.3 Å². The first-order valence-electron chi connectivity index (χ1n) is 14.9. The molecule has 1 saturated heterocycles. The maximum atomic E-state index is 13.7. The summed E-state index contributed by atoms with van der Waals surface area (Å²) in [6.07, 6.45) is 5.54. The molecule has 43 heavy (non-hydrogen) atoms. The monoisotopic (exact) mass is 589 g/mol. The van der Waals surface area contributed by atoms with Crippen LogP contribution in [0, 0.1) is 38.7 Å². The van der Waals surface area contributed by atoms with E-state index in [1.54, 1.807) is 36.4 Å². The van der Waals surface area contributed by atoms with E-state index in [1.807, 2.05) is 13.0 Å². The Morgan fingerprint density at radius 2 is 2.02 bits per heavy atom. The van der Waals surface area contributed by atoms with Crippen molar-refractivity contribution in [3.8, 4) is 0 Å². The van der Waals surface area contributed by atoms with Gasteiger partial charge in [0.1, 0.15) is 12.4 Å². The van der Waals surface area contributed by atoms with E-state index in [2.05, 4.69) is 6.92 Å². The Balaban J connectivity index is 1.18. The van der Waals surface area contributed by atoms with Gasteiger partial charge in [-0.1, -0.05) is 37.6 Å². The van der Waals surface area contributed by atoms with Crippen molar-refractivity contribution in [3.05, 3.63) is 87.4 Å². The highest BCUT2D eigenvalue weighted by Gasteiger charge is 2.76. The molecule has 5 aliphatic rings. The molecule has 1 aromatic heterocycles. The number of carbonyl (C=O) groups excluding carboxylic acids is 2. The highest BCUT2D eigenvalue weighted by molar-refractivity contribution is 6.01. The lowest BCUT2D eigenvalue weighted by atomic mass is 9.46. The van der Waals surface area contributed by atoms with Gasteiger partial charge in [-0.05, 0) is 67.4 Å². The van der Waals surface area contributed by atoms with E-state index in [0.717, 1.165) is 18.4 Å². The van der Waals surface area contributed by atoms with Gasteiger partial charge in [-0.3, -0.25) is 19.7 Å². The van der Waals surface area contributed by atoms with Gasteiger partial charge in [0.15, 0.2) is 22.9 Å². The third kappa shape index (κ3) is 4.00. The molecule has 0 unspecified atom stereocenters. The van der Waals surface area contributed by atoms with Gasteiger partial charge < -0.3 is 24.1 Å². The number of nitro benzene ring substituents is 1. The second-order valence-electron chi connectivity index (χ2n) is 13.2. The van der Waals surface area contributed by atoms with Gasteiger partial charge >= 0.3 is 0 Å². The molecule has 0 radical (unpaired) electrons. The summed E-state index contributed by atoms with van der Waals surface area (Å²) in [5, 5.41) is 33.1. The summed E-state index contributed by atoms with van der Waals surface area (Å²) in [5.74, 6) is 0.373. The molecule has 9 atom stereocenters. The number of hydrogen-bond acceptors (Lipinski definition) is 9. The van der Waals surface area contributed by atoms with Crippen LogP contribution in [0.5, 0.6) is 0 Å². The maximum absolute atomic E-state index is 13.7. The SMILES string of the molecule is C[C@]12C=CC(=O)C=C1CC[C@@H]1[C@@H]2[C@@H](O)C[C@@]2(C)[C@H]1C[C@H]1O[C@@H](c3ccc(Cc4cccc([N+](=O)[O-])c4)o3)O[C@]12C(=O)CO. The fourth-order valence-electron chi connectivity index (χ4n) is 9.41. The van der Waals surface area contributed by atoms with Crippen LogP contribution >= 0.6 is 0 Å². The number of aliphatic hydroxyl groups excluding tert-OH is 2. The Morgan fingerprint density at radius 1 is 1.21 bits per heavy atom. The van der Waals surface area contributed by atoms with Crippen LogP contribution in [-0.4, -0.2) is 51.1 Å². The molecule has 1 aromatic carbocycles. The Morgan fingerprint density at radius 3 is 2.79 bits per heavy atom. The summed E-state index contributed by atoms with van der Waals surface area (Å²) < 4.78 is 19.1. The smallest absolute Gasteiger partial charge is 0.269 e. The summed E-state index contributed by atoms with van der Waals surface area (Å²) >= 11 is 0. The van der Waals surface area contributed by atoms with Crippen LogP contribution < -0.4 is 0 Å². The number of non-ortho nitro benzene ring substituents is 1. The van der Waals surface area contributed by atoms with Crippen molar-refractivity contribution < 1.29 is 38.6 Å². The van der Waals surface area contributed by atoms with Gasteiger partial charge in [0.2, 0.25) is 6.29 Å². The van der Waals surface area contributed by atoms with E-state index >= 15 is 0 Å². The number of ketones is 2. The second-order valence-corrected chi connectivity index (χ2v) is 13.2. The predicted octanol–water partition coefficient (Wildman–Crippen LogP) is 4.38. The van der Waals surface area contributed by atoms with E-state index in [-0.39, 0.29) is 35.6 Å². The fourth-order valence-corrected chi connectivity index (χ4v) is 9.41. The minimum absolute atomic E-state index is 0.00377. The molecule has 0 amide bonds. The second kappa shape index (κ2) is 9.79. The van der Waals surface area contributed by atoms with Gasteiger partial charge in [-0.2, -0.15) is 0 Å². The number of nitrogens with zero attached hydrogens (tertiary/aromatic N) is 1. The van der Waals surface area contributed by atoms with Gasteiger partial charge in [0.05, 0.1) is 17.1 Å². The molecule has 10 nitrogen and oxygen atoms in total. The van der Waals surface area contributed by atoms with E-state index in [0.29, 0.717) is 29.9 Å². The first-order valence-corrected chi connectivity index (χ1v) is 14.9. The molecule has 3 saturated carbocycles. The van der Waals surface area contributed by atoms with Crippen LogP contribution in [0.3, 0.4) is 0 Å². The largest absolute Gasteiger partial charge is 0.460 e. The molecule has 2 N–H and O–H groups in total. The van der Waals surface area contributed by atoms with Gasteiger partial charge in [-0.25, -0.2) is 0 Å². The molecule has 1 aliphatic heterocycles. The van der Waals surface area contributed by atoms with Crippen molar-refractivity contribution in [1.29, 1.82) is 0 Å². The number of nitro groups is 1. The van der Waals surface area contributed by atoms with E-state index in [4.69, 9.17) is 13.9 Å². The summed E-state index contributed by atoms with van der Waals surface area (Å²) in [4.78, 5) is 36.6. The number of aliphatic hydroxyl groups is 2. The highest BCUT2D eigenvalue weighted by Crippen LogP contribution is 2.70. The summed E-state index contributed by atoms with van der Waals surface area (Å²) in [6, 6.07) is 9.81. The van der Waals surface area contributed by atoms with Crippen LogP contribution in [0.25, 0.3) is 0 Å². The van der Waals surface area contributed by atoms with E-state index < -0.39 is 52.2 Å². The zero-order valence-electron chi connectivity index (χ0n) is 24.1. The van der Waals surface area contributed by atoms with Crippen molar-refractivity contribution in [1.82, 2.24) is 0 Å². The topological polar surface area (TPSA) is 149 Å². The zero-order chi connectivity index (χ0) is 30.3. The minimum Gasteiger partial charge on any atom is -0.460 e. The van der Waals surface area contributed by atoms with E-state index in [1.165, 1.54) is 12.1 Å². The summed E-state index contributed by atoms with van der Waals surface area (Å²) in [7, 11) is 0. The van der Waals surface area contributed by atoms with Gasteiger partial charge in [-0.15, -0.1) is 0 Å². The Bertz CT molecular complexity index is 1580. The normalized spacial score (nSPS) is 39.4. The lowest BCUT2D eigenvalue weighted by Gasteiger charge is -2.59. The van der Waals surface area contributed by atoms with Gasteiger partial charge in [0.25, 0.3) is 5.69 Å². The van der Waals surface area contributed by atoms with Crippen molar-refractivity contribution >= 4 is 17.3 Å². The Kier molecular flexibility index (Phi) is 6.45. The lowest BCUT2D eigenvalue weighted by molar-refractivity contribution is -0.384. The molecule has 0 spiro atoms. The number of allylic oxidation sites excluding steroid dienone is 4. The lowest BCUT2D eigenvalue weighted by Crippen LogP contribution is -2.63. The number of ether oxygens (including phenoxy) is 2. The van der Waals surface area contributed by atoms with Crippen molar-refractivity contribution in [2.24, 2.45) is 28.6 Å². The maximum Gasteiger partial charge on any atom is 0.269 e. The zero-order valence-corrected chi connectivity index (χ0v) is 24.1. The number of rotatable bonds is 6. The van der Waals surface area contributed by atoms with Crippen LogP contribution in [0.15, 0.2) is 64.6 Å². The molecule has 0 bridgehead atoms. The number of carbonyl (C=O) groups is 2. The molecule has 10 heteroatoms. The summed E-state index contributed by atoms with van der Waals surface area (Å²) in [5.41, 5.74) is -0.963. The van der Waals surface area contributed by atoms with E-state index in [9.17, 15) is 29.9 Å². The average Bonchev–Trinajstić information content (AvgIpc) is 3.65. The van der Waals surface area contributed by atoms with Crippen LogP contribution in [0.1, 0.15) is 62.9 Å². The molecule has 4 fully saturated rings. The molecular formula is C33H35NO9. The number of fused-ring (bicyclic) bond motifs is 7. The Labute approximate surface area is 248 Å². The fraction of sp³-hybridized carbons (Fsp3) is 0.515. The van der Waals surface area contributed by atoms with Crippen LogP contribution in [0.2, 0.25) is 0 Å². The van der Waals surface area contributed by atoms with Crippen LogP contribution in [0.4, 0.5) is 5.69 Å². The van der Waals surface area contributed by atoms with Crippen LogP contribution in [-0.2, 0) is 25.5 Å².